The molecular formula is C12H17NO. The monoisotopic (exact) mass is 191 g/mol. The molecule has 1 unspecified atom stereocenters. The van der Waals surface area contributed by atoms with E-state index >= 15 is 0 Å². The van der Waals surface area contributed by atoms with Gasteiger partial charge in [0.05, 0.1) is 0 Å². The smallest absolute Gasteiger partial charge is 0.120 e. The van der Waals surface area contributed by atoms with Crippen molar-refractivity contribution in [2.45, 2.75) is 26.3 Å². The van der Waals surface area contributed by atoms with Crippen molar-refractivity contribution in [3.8, 4) is 5.75 Å². The quantitative estimate of drug-likeness (QED) is 0.721. The van der Waals surface area contributed by atoms with Crippen LogP contribution in [0.3, 0.4) is 0 Å². The normalized spacial score (nSPS) is 12.5. The van der Waals surface area contributed by atoms with E-state index in [2.05, 4.69) is 6.58 Å². The van der Waals surface area contributed by atoms with Crippen LogP contribution in [0.5, 0.6) is 5.75 Å². The van der Waals surface area contributed by atoms with E-state index in [-0.39, 0.29) is 11.8 Å². The molecule has 3 N–H and O–H groups in total. The highest BCUT2D eigenvalue weighted by molar-refractivity contribution is 5.38. The van der Waals surface area contributed by atoms with Crippen LogP contribution < -0.4 is 5.73 Å². The average Bonchev–Trinajstić information content (AvgIpc) is 2.08. The third-order valence-electron chi connectivity index (χ3n) is 2.15. The lowest BCUT2D eigenvalue weighted by Crippen LogP contribution is -2.10. The van der Waals surface area contributed by atoms with E-state index in [9.17, 15) is 5.11 Å². The lowest BCUT2D eigenvalue weighted by atomic mass is 9.99. The Morgan fingerprint density at radius 3 is 2.79 bits per heavy atom. The van der Waals surface area contributed by atoms with Crippen molar-refractivity contribution < 1.29 is 5.11 Å². The summed E-state index contributed by atoms with van der Waals surface area (Å²) in [6.07, 6.45) is 0.705. The van der Waals surface area contributed by atoms with E-state index in [1.807, 2.05) is 26.0 Å². The van der Waals surface area contributed by atoms with Crippen LogP contribution in [-0.4, -0.2) is 5.11 Å². The van der Waals surface area contributed by atoms with Gasteiger partial charge in [0.1, 0.15) is 5.75 Å². The number of hydrogen-bond acceptors (Lipinski definition) is 2. The molecule has 0 aliphatic carbocycles. The molecule has 0 heterocycles. The molecule has 1 aromatic carbocycles. The maximum Gasteiger partial charge on any atom is 0.120 e. The first kappa shape index (κ1) is 10.8. The Kier molecular flexibility index (Phi) is 3.31. The van der Waals surface area contributed by atoms with Gasteiger partial charge in [-0.2, -0.15) is 0 Å². The summed E-state index contributed by atoms with van der Waals surface area (Å²) in [4.78, 5) is 0. The lowest BCUT2D eigenvalue weighted by molar-refractivity contribution is 0.461. The molecule has 14 heavy (non-hydrogen) atoms. The minimum absolute atomic E-state index is 0.160. The number of rotatable bonds is 3. The molecule has 0 fully saturated rings. The number of hydrogen-bond donors (Lipinski definition) is 2. The first-order valence-corrected chi connectivity index (χ1v) is 4.70. The largest absolute Gasteiger partial charge is 0.508 e. The van der Waals surface area contributed by atoms with Gasteiger partial charge >= 0.3 is 0 Å². The maximum absolute atomic E-state index is 9.61. The van der Waals surface area contributed by atoms with Gasteiger partial charge in [0.2, 0.25) is 0 Å². The Morgan fingerprint density at radius 2 is 2.21 bits per heavy atom. The molecular weight excluding hydrogens is 174 g/mol. The summed E-state index contributed by atoms with van der Waals surface area (Å²) >= 11 is 0. The third-order valence-corrected chi connectivity index (χ3v) is 2.15. The van der Waals surface area contributed by atoms with Crippen molar-refractivity contribution in [3.63, 3.8) is 0 Å². The zero-order valence-electron chi connectivity index (χ0n) is 8.75. The lowest BCUT2D eigenvalue weighted by Gasteiger charge is -2.14. The minimum atomic E-state index is -0.160. The molecule has 0 aliphatic rings. The highest BCUT2D eigenvalue weighted by atomic mass is 16.3. The van der Waals surface area contributed by atoms with E-state index in [0.717, 1.165) is 16.7 Å². The van der Waals surface area contributed by atoms with Crippen LogP contribution >= 0.6 is 0 Å². The number of phenols is 1. The van der Waals surface area contributed by atoms with Crippen LogP contribution in [0, 0.1) is 6.92 Å². The summed E-state index contributed by atoms with van der Waals surface area (Å²) in [6, 6.07) is 5.31. The van der Waals surface area contributed by atoms with Gasteiger partial charge < -0.3 is 10.8 Å². The van der Waals surface area contributed by atoms with E-state index in [0.29, 0.717) is 6.42 Å². The van der Waals surface area contributed by atoms with Crippen LogP contribution in [0.2, 0.25) is 0 Å². The summed E-state index contributed by atoms with van der Waals surface area (Å²) in [5, 5.41) is 9.61. The Bertz CT molecular complexity index is 344. The Labute approximate surface area is 85.1 Å². The molecule has 0 radical (unpaired) electrons. The fraction of sp³-hybridized carbons (Fsp3) is 0.333. The van der Waals surface area contributed by atoms with Gasteiger partial charge in [-0.15, -0.1) is 6.58 Å². The van der Waals surface area contributed by atoms with Gasteiger partial charge in [0.25, 0.3) is 0 Å². The van der Waals surface area contributed by atoms with Crippen molar-refractivity contribution in [1.82, 2.24) is 0 Å². The molecule has 0 saturated carbocycles. The highest BCUT2D eigenvalue weighted by Gasteiger charge is 2.10. The predicted octanol–water partition coefficient (Wildman–Crippen LogP) is 2.67. The number of benzene rings is 1. The molecule has 1 atom stereocenters. The molecule has 0 spiro atoms. The highest BCUT2D eigenvalue weighted by Crippen LogP contribution is 2.27. The number of aryl methyl sites for hydroxylation is 1. The van der Waals surface area contributed by atoms with E-state index in [1.165, 1.54) is 0 Å². The number of phenolic OH excluding ortho intramolecular Hbond substituents is 1. The van der Waals surface area contributed by atoms with Crippen LogP contribution in [-0.2, 0) is 0 Å². The molecule has 2 heteroatoms. The van der Waals surface area contributed by atoms with Crippen molar-refractivity contribution in [1.29, 1.82) is 0 Å². The summed E-state index contributed by atoms with van der Waals surface area (Å²) in [5.41, 5.74) is 8.88. The van der Waals surface area contributed by atoms with Crippen molar-refractivity contribution >= 4 is 0 Å². The second-order valence-corrected chi connectivity index (χ2v) is 3.83. The topological polar surface area (TPSA) is 46.2 Å². The summed E-state index contributed by atoms with van der Waals surface area (Å²) in [5.74, 6) is 0.268. The predicted molar refractivity (Wildman–Crippen MR) is 59.2 cm³/mol. The standard InChI is InChI=1S/C12H17NO/c1-8(2)6-11(13)10-7-9(3)4-5-12(10)14/h4-5,7,11,14H,1,6,13H2,2-3H3. The van der Waals surface area contributed by atoms with E-state index < -0.39 is 0 Å². The molecule has 0 saturated heterocycles. The maximum atomic E-state index is 9.61. The Hall–Kier alpha value is -1.28. The van der Waals surface area contributed by atoms with E-state index in [1.54, 1.807) is 6.07 Å². The second kappa shape index (κ2) is 4.29. The third kappa shape index (κ3) is 2.60. The zero-order chi connectivity index (χ0) is 10.7. The van der Waals surface area contributed by atoms with Crippen LogP contribution in [0.15, 0.2) is 30.4 Å². The molecule has 76 valence electrons. The van der Waals surface area contributed by atoms with Crippen molar-refractivity contribution in [2.24, 2.45) is 5.73 Å². The molecule has 2 nitrogen and oxygen atoms in total. The Morgan fingerprint density at radius 1 is 1.57 bits per heavy atom. The first-order chi connectivity index (χ1) is 6.50. The van der Waals surface area contributed by atoms with Gasteiger partial charge in [0, 0.05) is 11.6 Å². The van der Waals surface area contributed by atoms with Crippen LogP contribution in [0.1, 0.15) is 30.5 Å². The van der Waals surface area contributed by atoms with Gasteiger partial charge in [-0.1, -0.05) is 23.3 Å². The van der Waals surface area contributed by atoms with Crippen molar-refractivity contribution in [2.75, 3.05) is 0 Å². The van der Waals surface area contributed by atoms with Gasteiger partial charge in [-0.3, -0.25) is 0 Å². The molecule has 1 rings (SSSR count). The van der Waals surface area contributed by atoms with Gasteiger partial charge in [0.15, 0.2) is 0 Å². The fourth-order valence-corrected chi connectivity index (χ4v) is 1.46. The van der Waals surface area contributed by atoms with Crippen molar-refractivity contribution in [3.05, 3.63) is 41.5 Å². The van der Waals surface area contributed by atoms with Gasteiger partial charge in [-0.25, -0.2) is 0 Å². The minimum Gasteiger partial charge on any atom is -0.508 e. The SMILES string of the molecule is C=C(C)CC(N)c1cc(C)ccc1O. The molecule has 0 bridgehead atoms. The number of nitrogens with two attached hydrogens (primary N) is 1. The molecule has 0 aromatic heterocycles. The Balaban J connectivity index is 2.93. The van der Waals surface area contributed by atoms with Gasteiger partial charge in [-0.05, 0) is 26.3 Å². The second-order valence-electron chi connectivity index (χ2n) is 3.83. The zero-order valence-corrected chi connectivity index (χ0v) is 8.75. The average molecular weight is 191 g/mol. The van der Waals surface area contributed by atoms with E-state index in [4.69, 9.17) is 5.73 Å². The summed E-state index contributed by atoms with van der Waals surface area (Å²) in [7, 11) is 0. The van der Waals surface area contributed by atoms with Crippen LogP contribution in [0.25, 0.3) is 0 Å². The molecule has 0 aliphatic heterocycles. The molecule has 0 amide bonds. The summed E-state index contributed by atoms with van der Waals surface area (Å²) < 4.78 is 0. The van der Waals surface area contributed by atoms with Crippen LogP contribution in [0.4, 0.5) is 0 Å². The fourth-order valence-electron chi connectivity index (χ4n) is 1.46. The molecule has 1 aromatic rings. The number of aromatic hydroxyl groups is 1. The first-order valence-electron chi connectivity index (χ1n) is 4.70. The summed E-state index contributed by atoms with van der Waals surface area (Å²) in [6.45, 7) is 7.73.